The highest BCUT2D eigenvalue weighted by Gasteiger charge is 2.37. The number of aromatic amines is 1. The first kappa shape index (κ1) is 17.8. The number of nitrogens with zero attached hydrogens (tertiary/aromatic N) is 3. The first-order valence-electron chi connectivity index (χ1n) is 10.0. The van der Waals surface area contributed by atoms with Gasteiger partial charge < -0.3 is 15.6 Å². The highest BCUT2D eigenvalue weighted by Crippen LogP contribution is 2.39. The van der Waals surface area contributed by atoms with Gasteiger partial charge in [-0.15, -0.1) is 0 Å². The number of carbonyl (C=O) groups excluding carboxylic acids is 2. The first-order valence-corrected chi connectivity index (χ1v) is 10.0. The maximum absolute atomic E-state index is 12.9. The van der Waals surface area contributed by atoms with Gasteiger partial charge in [0.1, 0.15) is 11.6 Å². The van der Waals surface area contributed by atoms with Gasteiger partial charge in [0, 0.05) is 31.1 Å². The minimum absolute atomic E-state index is 0.172. The van der Waals surface area contributed by atoms with Crippen molar-refractivity contribution >= 4 is 23.0 Å². The van der Waals surface area contributed by atoms with Crippen LogP contribution in [-0.4, -0.2) is 37.8 Å². The molecule has 2 fully saturated rings. The van der Waals surface area contributed by atoms with Crippen LogP contribution in [0.1, 0.15) is 53.2 Å². The van der Waals surface area contributed by atoms with E-state index in [0.29, 0.717) is 29.2 Å². The van der Waals surface area contributed by atoms with Crippen LogP contribution in [0.4, 0.5) is 0 Å². The average Bonchev–Trinajstić information content (AvgIpc) is 3.67. The van der Waals surface area contributed by atoms with Crippen molar-refractivity contribution in [2.24, 2.45) is 5.92 Å². The number of aromatic nitrogens is 4. The second-order valence-electron chi connectivity index (χ2n) is 7.84. The highest BCUT2D eigenvalue weighted by molar-refractivity contribution is 6.06. The third kappa shape index (κ3) is 3.83. The lowest BCUT2D eigenvalue weighted by Gasteiger charge is -2.17. The van der Waals surface area contributed by atoms with E-state index >= 15 is 0 Å². The molecule has 0 spiro atoms. The normalized spacial score (nSPS) is 17.1. The van der Waals surface area contributed by atoms with Crippen LogP contribution in [0.2, 0.25) is 0 Å². The molecule has 0 bridgehead atoms. The van der Waals surface area contributed by atoms with E-state index in [4.69, 9.17) is 0 Å². The zero-order valence-corrected chi connectivity index (χ0v) is 15.9. The third-order valence-electron chi connectivity index (χ3n) is 5.49. The topological polar surface area (TPSA) is 113 Å². The van der Waals surface area contributed by atoms with Gasteiger partial charge in [-0.2, -0.15) is 0 Å². The fraction of sp³-hybridized carbons (Fsp3) is 0.381. The van der Waals surface area contributed by atoms with Crippen molar-refractivity contribution in [1.29, 1.82) is 0 Å². The molecule has 8 heteroatoms. The number of carbonyl (C=O) groups is 2. The van der Waals surface area contributed by atoms with Crippen molar-refractivity contribution in [3.8, 4) is 0 Å². The van der Waals surface area contributed by atoms with Crippen molar-refractivity contribution in [3.05, 3.63) is 53.7 Å². The highest BCUT2D eigenvalue weighted by atomic mass is 16.2. The molecule has 0 saturated heterocycles. The first-order chi connectivity index (χ1) is 14.2. The van der Waals surface area contributed by atoms with Crippen molar-refractivity contribution in [2.45, 2.75) is 44.2 Å². The van der Waals surface area contributed by atoms with Crippen LogP contribution in [0.5, 0.6) is 0 Å². The van der Waals surface area contributed by atoms with Crippen LogP contribution in [0.15, 0.2) is 36.9 Å². The van der Waals surface area contributed by atoms with Gasteiger partial charge in [-0.3, -0.25) is 14.6 Å². The summed E-state index contributed by atoms with van der Waals surface area (Å²) in [6.07, 6.45) is 10.9. The molecule has 0 unspecified atom stereocenters. The molecule has 2 aliphatic rings. The lowest BCUT2D eigenvalue weighted by molar-refractivity contribution is -0.123. The van der Waals surface area contributed by atoms with Crippen LogP contribution in [-0.2, 0) is 11.3 Å². The number of pyridine rings is 1. The molecule has 3 aromatic heterocycles. The molecular weight excluding hydrogens is 368 g/mol. The number of hydrogen-bond donors (Lipinski definition) is 3. The summed E-state index contributed by atoms with van der Waals surface area (Å²) in [6.45, 7) is 0.384. The molecule has 1 atom stereocenters. The number of fused-ring (bicyclic) bond motifs is 1. The van der Waals surface area contributed by atoms with E-state index in [1.807, 2.05) is 12.1 Å². The Morgan fingerprint density at radius 1 is 1.21 bits per heavy atom. The van der Waals surface area contributed by atoms with E-state index < -0.39 is 6.04 Å². The van der Waals surface area contributed by atoms with Gasteiger partial charge in [0.25, 0.3) is 5.91 Å². The molecule has 3 aromatic rings. The molecule has 148 valence electrons. The molecule has 0 radical (unpaired) electrons. The maximum atomic E-state index is 12.9. The minimum Gasteiger partial charge on any atom is -0.350 e. The lowest BCUT2D eigenvalue weighted by atomic mass is 10.1. The zero-order valence-electron chi connectivity index (χ0n) is 15.9. The second kappa shape index (κ2) is 7.27. The molecule has 29 heavy (non-hydrogen) atoms. The van der Waals surface area contributed by atoms with E-state index in [0.717, 1.165) is 36.9 Å². The molecule has 2 saturated carbocycles. The Bertz CT molecular complexity index is 1060. The smallest absolute Gasteiger partial charge is 0.255 e. The summed E-state index contributed by atoms with van der Waals surface area (Å²) in [5, 5.41) is 5.83. The quantitative estimate of drug-likeness (QED) is 0.572. The number of H-pyrrole nitrogens is 1. The molecular formula is C21H22N6O2. The summed E-state index contributed by atoms with van der Waals surface area (Å²) < 4.78 is 0. The van der Waals surface area contributed by atoms with Gasteiger partial charge in [0.2, 0.25) is 5.91 Å². The van der Waals surface area contributed by atoms with E-state index in [1.54, 1.807) is 24.8 Å². The summed E-state index contributed by atoms with van der Waals surface area (Å²) in [6, 6.07) is 3.18. The Kier molecular flexibility index (Phi) is 4.46. The van der Waals surface area contributed by atoms with Gasteiger partial charge in [-0.25, -0.2) is 9.97 Å². The SMILES string of the molecule is O=C(N[C@@H](C(=O)NCc1cccnc1)C1CC1)c1c[nH]c2ncc(C3CC3)nc12. The standard InChI is InChI=1S/C21H22N6O2/c28-20(15-10-23-19-18(15)26-16(11-24-19)13-3-4-13)27-17(14-5-6-14)21(29)25-9-12-2-1-7-22-8-12/h1-2,7-8,10-11,13-14,17H,3-6,9H2,(H,23,24)(H,25,29)(H,27,28)/t17-/m1/s1. The molecule has 0 aliphatic heterocycles. The van der Waals surface area contributed by atoms with Crippen LogP contribution in [0, 0.1) is 5.92 Å². The van der Waals surface area contributed by atoms with Gasteiger partial charge >= 0.3 is 0 Å². The van der Waals surface area contributed by atoms with E-state index in [9.17, 15) is 9.59 Å². The van der Waals surface area contributed by atoms with Crippen molar-refractivity contribution in [3.63, 3.8) is 0 Å². The van der Waals surface area contributed by atoms with Gasteiger partial charge in [-0.1, -0.05) is 6.07 Å². The average molecular weight is 390 g/mol. The number of nitrogens with one attached hydrogen (secondary N) is 3. The molecule has 2 amide bonds. The Balaban J connectivity index is 1.30. The molecule has 2 aliphatic carbocycles. The van der Waals surface area contributed by atoms with Crippen LogP contribution in [0.3, 0.4) is 0 Å². The Morgan fingerprint density at radius 2 is 2.07 bits per heavy atom. The molecule has 3 heterocycles. The van der Waals surface area contributed by atoms with E-state index in [2.05, 4.69) is 30.6 Å². The Labute approximate surface area is 167 Å². The summed E-state index contributed by atoms with van der Waals surface area (Å²) in [5.74, 6) is 0.155. The van der Waals surface area contributed by atoms with Gasteiger partial charge in [-0.05, 0) is 43.2 Å². The predicted octanol–water partition coefficient (Wildman–Crippen LogP) is 2.06. The second-order valence-corrected chi connectivity index (χ2v) is 7.84. The number of amides is 2. The summed E-state index contributed by atoms with van der Waals surface area (Å²) in [5.41, 5.74) is 3.43. The van der Waals surface area contributed by atoms with Crippen LogP contribution < -0.4 is 10.6 Å². The molecule has 8 nitrogen and oxygen atoms in total. The van der Waals surface area contributed by atoms with Crippen molar-refractivity contribution in [2.75, 3.05) is 0 Å². The summed E-state index contributed by atoms with van der Waals surface area (Å²) in [4.78, 5) is 41.8. The summed E-state index contributed by atoms with van der Waals surface area (Å²) in [7, 11) is 0. The zero-order chi connectivity index (χ0) is 19.8. The summed E-state index contributed by atoms with van der Waals surface area (Å²) >= 11 is 0. The van der Waals surface area contributed by atoms with E-state index in [1.165, 1.54) is 0 Å². The molecule has 0 aromatic carbocycles. The fourth-order valence-electron chi connectivity index (χ4n) is 3.50. The largest absolute Gasteiger partial charge is 0.350 e. The van der Waals surface area contributed by atoms with E-state index in [-0.39, 0.29) is 17.7 Å². The van der Waals surface area contributed by atoms with Gasteiger partial charge in [0.05, 0.1) is 17.5 Å². The lowest BCUT2D eigenvalue weighted by Crippen LogP contribution is -2.47. The minimum atomic E-state index is -0.552. The van der Waals surface area contributed by atoms with Crippen molar-refractivity contribution < 1.29 is 9.59 Å². The Morgan fingerprint density at radius 3 is 2.79 bits per heavy atom. The predicted molar refractivity (Wildman–Crippen MR) is 106 cm³/mol. The number of hydrogen-bond acceptors (Lipinski definition) is 5. The molecule has 3 N–H and O–H groups in total. The van der Waals surface area contributed by atoms with Crippen molar-refractivity contribution in [1.82, 2.24) is 30.6 Å². The Hall–Kier alpha value is -3.29. The molecule has 5 rings (SSSR count). The maximum Gasteiger partial charge on any atom is 0.255 e. The van der Waals surface area contributed by atoms with Crippen LogP contribution in [0.25, 0.3) is 11.2 Å². The van der Waals surface area contributed by atoms with Crippen LogP contribution >= 0.6 is 0 Å². The monoisotopic (exact) mass is 390 g/mol. The third-order valence-corrected chi connectivity index (χ3v) is 5.49. The fourth-order valence-corrected chi connectivity index (χ4v) is 3.50. The number of rotatable bonds is 7. The van der Waals surface area contributed by atoms with Gasteiger partial charge in [0.15, 0.2) is 5.65 Å².